The molecular formula is C16H15N3O2S2. The van der Waals surface area contributed by atoms with Crippen molar-refractivity contribution in [3.63, 3.8) is 0 Å². The van der Waals surface area contributed by atoms with Crippen LogP contribution >= 0.6 is 22.7 Å². The first-order valence-corrected chi connectivity index (χ1v) is 8.69. The number of rotatable bonds is 5. The molecule has 0 atom stereocenters. The lowest BCUT2D eigenvalue weighted by atomic mass is 10.3. The fraction of sp³-hybridized carbons (Fsp3) is 0.188. The highest BCUT2D eigenvalue weighted by Gasteiger charge is 2.06. The number of amides is 1. The summed E-state index contributed by atoms with van der Waals surface area (Å²) in [6, 6.07) is 9.57. The van der Waals surface area contributed by atoms with E-state index in [9.17, 15) is 4.79 Å². The summed E-state index contributed by atoms with van der Waals surface area (Å²) in [4.78, 5) is 22.4. The maximum absolute atomic E-state index is 11.9. The zero-order chi connectivity index (χ0) is 16.2. The number of aryl methyl sites for hydroxylation is 1. The second kappa shape index (κ2) is 6.89. The van der Waals surface area contributed by atoms with Crippen LogP contribution in [0.1, 0.15) is 16.8 Å². The molecule has 2 heterocycles. The van der Waals surface area contributed by atoms with Crippen molar-refractivity contribution in [3.8, 4) is 0 Å². The van der Waals surface area contributed by atoms with Gasteiger partial charge in [-0.2, -0.15) is 0 Å². The van der Waals surface area contributed by atoms with Crippen molar-refractivity contribution >= 4 is 50.2 Å². The third-order valence-electron chi connectivity index (χ3n) is 3.05. The molecule has 5 nitrogen and oxygen atoms in total. The van der Waals surface area contributed by atoms with Gasteiger partial charge in [0, 0.05) is 5.69 Å². The summed E-state index contributed by atoms with van der Waals surface area (Å²) in [6.45, 7) is 3.68. The van der Waals surface area contributed by atoms with Gasteiger partial charge >= 0.3 is 0 Å². The van der Waals surface area contributed by atoms with Gasteiger partial charge in [-0.15, -0.1) is 22.7 Å². The number of nitrogens with zero attached hydrogens (tertiary/aromatic N) is 2. The van der Waals surface area contributed by atoms with Gasteiger partial charge in [-0.25, -0.2) is 4.98 Å². The largest absolute Gasteiger partial charge is 0.385 e. The van der Waals surface area contributed by atoms with Crippen molar-refractivity contribution in [2.75, 3.05) is 11.9 Å². The maximum Gasteiger partial charge on any atom is 0.265 e. The molecular weight excluding hydrogens is 330 g/mol. The van der Waals surface area contributed by atoms with Crippen LogP contribution in [-0.4, -0.2) is 23.2 Å². The number of aromatic nitrogens is 1. The second-order valence-electron chi connectivity index (χ2n) is 4.89. The quantitative estimate of drug-likeness (QED) is 0.560. The molecule has 0 saturated heterocycles. The van der Waals surface area contributed by atoms with Gasteiger partial charge in [-0.05, 0) is 43.5 Å². The van der Waals surface area contributed by atoms with Gasteiger partial charge in [0.05, 0.1) is 25.8 Å². The number of carbonyl (C=O) groups is 1. The molecule has 1 N–H and O–H groups in total. The Hall–Kier alpha value is -2.25. The van der Waals surface area contributed by atoms with Crippen LogP contribution in [0.5, 0.6) is 0 Å². The standard InChI is InChI=1S/C16H15N3O2S2/c1-10(14-4-3-7-22-14)19-21-9-16(20)18-12-5-6-15-13(8-12)17-11(2)23-15/h3-8H,9H2,1-2H3,(H,18,20). The summed E-state index contributed by atoms with van der Waals surface area (Å²) in [7, 11) is 0. The zero-order valence-electron chi connectivity index (χ0n) is 12.7. The Morgan fingerprint density at radius 1 is 1.39 bits per heavy atom. The molecule has 0 aliphatic rings. The predicted octanol–water partition coefficient (Wildman–Crippen LogP) is 4.05. The van der Waals surface area contributed by atoms with Gasteiger partial charge < -0.3 is 10.2 Å². The van der Waals surface area contributed by atoms with Gasteiger partial charge in [-0.3, -0.25) is 4.79 Å². The molecule has 0 spiro atoms. The molecule has 23 heavy (non-hydrogen) atoms. The number of thiazole rings is 1. The van der Waals surface area contributed by atoms with Crippen molar-refractivity contribution in [1.82, 2.24) is 4.98 Å². The topological polar surface area (TPSA) is 63.6 Å². The van der Waals surface area contributed by atoms with E-state index in [4.69, 9.17) is 4.84 Å². The molecule has 2 aromatic heterocycles. The SMILES string of the molecule is CC(=NOCC(=O)Nc1ccc2sc(C)nc2c1)c1cccs1. The Morgan fingerprint density at radius 3 is 3.04 bits per heavy atom. The van der Waals surface area contributed by atoms with Crippen LogP contribution in [-0.2, 0) is 9.63 Å². The average molecular weight is 345 g/mol. The summed E-state index contributed by atoms with van der Waals surface area (Å²) in [6.07, 6.45) is 0. The van der Waals surface area contributed by atoms with Crippen molar-refractivity contribution < 1.29 is 9.63 Å². The van der Waals surface area contributed by atoms with Gasteiger partial charge in [0.15, 0.2) is 6.61 Å². The minimum Gasteiger partial charge on any atom is -0.385 e. The number of oxime groups is 1. The van der Waals surface area contributed by atoms with Gasteiger partial charge in [0.1, 0.15) is 0 Å². The predicted molar refractivity (Wildman–Crippen MR) is 95.5 cm³/mol. The summed E-state index contributed by atoms with van der Waals surface area (Å²) in [5, 5.41) is 9.72. The maximum atomic E-state index is 11.9. The molecule has 0 saturated carbocycles. The Morgan fingerprint density at radius 2 is 2.26 bits per heavy atom. The fourth-order valence-electron chi connectivity index (χ4n) is 2.03. The van der Waals surface area contributed by atoms with E-state index < -0.39 is 0 Å². The molecule has 3 aromatic rings. The number of fused-ring (bicyclic) bond motifs is 1. The highest BCUT2D eigenvalue weighted by molar-refractivity contribution is 7.18. The Bertz CT molecular complexity index is 853. The monoisotopic (exact) mass is 345 g/mol. The fourth-order valence-corrected chi connectivity index (χ4v) is 3.51. The third kappa shape index (κ3) is 3.94. The average Bonchev–Trinajstić information content (AvgIpc) is 3.15. The molecule has 1 aromatic carbocycles. The number of hydrogen-bond acceptors (Lipinski definition) is 6. The lowest BCUT2D eigenvalue weighted by Crippen LogP contribution is -2.17. The number of nitrogens with one attached hydrogen (secondary N) is 1. The Balaban J connectivity index is 1.57. The Labute approximate surface area is 141 Å². The highest BCUT2D eigenvalue weighted by atomic mass is 32.1. The number of anilines is 1. The zero-order valence-corrected chi connectivity index (χ0v) is 14.3. The highest BCUT2D eigenvalue weighted by Crippen LogP contribution is 2.24. The van der Waals surface area contributed by atoms with E-state index in [1.165, 1.54) is 0 Å². The lowest BCUT2D eigenvalue weighted by molar-refractivity contribution is -0.120. The van der Waals surface area contributed by atoms with Gasteiger partial charge in [-0.1, -0.05) is 11.2 Å². The van der Waals surface area contributed by atoms with Crippen LogP contribution in [0.25, 0.3) is 10.2 Å². The van der Waals surface area contributed by atoms with Crippen molar-refractivity contribution in [1.29, 1.82) is 0 Å². The van der Waals surface area contributed by atoms with Crippen LogP contribution in [0, 0.1) is 6.92 Å². The first-order chi connectivity index (χ1) is 11.1. The Kier molecular flexibility index (Phi) is 4.68. The molecule has 1 amide bonds. The minimum atomic E-state index is -0.251. The van der Waals surface area contributed by atoms with E-state index in [0.717, 1.165) is 25.8 Å². The molecule has 118 valence electrons. The van der Waals surface area contributed by atoms with Crippen LogP contribution in [0.2, 0.25) is 0 Å². The summed E-state index contributed by atoms with van der Waals surface area (Å²) < 4.78 is 1.10. The number of benzene rings is 1. The molecule has 0 aliphatic carbocycles. The lowest BCUT2D eigenvalue weighted by Gasteiger charge is -2.04. The third-order valence-corrected chi connectivity index (χ3v) is 4.98. The number of hydrogen-bond donors (Lipinski definition) is 1. The minimum absolute atomic E-state index is 0.128. The summed E-state index contributed by atoms with van der Waals surface area (Å²) in [5.41, 5.74) is 2.35. The van der Waals surface area contributed by atoms with E-state index >= 15 is 0 Å². The van der Waals surface area contributed by atoms with E-state index in [2.05, 4.69) is 15.5 Å². The van der Waals surface area contributed by atoms with Crippen LogP contribution in [0.15, 0.2) is 40.9 Å². The molecule has 7 heteroatoms. The first-order valence-electron chi connectivity index (χ1n) is 6.99. The van der Waals surface area contributed by atoms with Crippen LogP contribution in [0.3, 0.4) is 0 Å². The molecule has 0 aliphatic heterocycles. The molecule has 0 radical (unpaired) electrons. The van der Waals surface area contributed by atoms with Crippen molar-refractivity contribution in [2.45, 2.75) is 13.8 Å². The normalized spacial score (nSPS) is 11.7. The van der Waals surface area contributed by atoms with Crippen LogP contribution < -0.4 is 5.32 Å². The molecule has 0 unspecified atom stereocenters. The van der Waals surface area contributed by atoms with Crippen LogP contribution in [0.4, 0.5) is 5.69 Å². The van der Waals surface area contributed by atoms with Crippen molar-refractivity contribution in [3.05, 3.63) is 45.6 Å². The number of thiophene rings is 1. The number of carbonyl (C=O) groups excluding carboxylic acids is 1. The van der Waals surface area contributed by atoms with E-state index in [-0.39, 0.29) is 12.5 Å². The summed E-state index contributed by atoms with van der Waals surface area (Å²) >= 11 is 3.21. The van der Waals surface area contributed by atoms with Gasteiger partial charge in [0.2, 0.25) is 0 Å². The molecule has 3 rings (SSSR count). The van der Waals surface area contributed by atoms with E-state index in [1.54, 1.807) is 22.7 Å². The van der Waals surface area contributed by atoms with E-state index in [1.807, 2.05) is 49.6 Å². The van der Waals surface area contributed by atoms with E-state index in [0.29, 0.717) is 5.69 Å². The van der Waals surface area contributed by atoms with Crippen molar-refractivity contribution in [2.24, 2.45) is 5.16 Å². The first kappa shape index (κ1) is 15.6. The smallest absolute Gasteiger partial charge is 0.265 e. The second-order valence-corrected chi connectivity index (χ2v) is 7.07. The molecule has 0 bridgehead atoms. The summed E-state index contributed by atoms with van der Waals surface area (Å²) in [5.74, 6) is -0.251. The van der Waals surface area contributed by atoms with Gasteiger partial charge in [0.25, 0.3) is 5.91 Å². The molecule has 0 fully saturated rings.